The fourth-order valence-corrected chi connectivity index (χ4v) is 4.02. The Balaban J connectivity index is 1.22. The molecule has 0 radical (unpaired) electrons. The number of para-hydroxylation sites is 2. The van der Waals surface area contributed by atoms with Crippen molar-refractivity contribution in [3.63, 3.8) is 0 Å². The van der Waals surface area contributed by atoms with E-state index in [-0.39, 0.29) is 17.7 Å². The van der Waals surface area contributed by atoms with E-state index in [1.54, 1.807) is 9.58 Å². The number of likely N-dealkylation sites (tertiary alicyclic amines) is 1. The molecule has 1 saturated heterocycles. The van der Waals surface area contributed by atoms with Gasteiger partial charge in [-0.05, 0) is 31.5 Å². The van der Waals surface area contributed by atoms with Crippen molar-refractivity contribution < 1.29 is 9.59 Å². The molecule has 3 aromatic rings. The van der Waals surface area contributed by atoms with Gasteiger partial charge in [-0.2, -0.15) is 5.10 Å². The van der Waals surface area contributed by atoms with Crippen molar-refractivity contribution in [3.8, 4) is 0 Å². The molecule has 2 amide bonds. The molecule has 158 valence electrons. The average Bonchev–Trinajstić information content (AvgIpc) is 3.46. The molecule has 0 bridgehead atoms. The fraction of sp³-hybridized carbons (Fsp3) is 0.455. The van der Waals surface area contributed by atoms with Gasteiger partial charge in [0.2, 0.25) is 11.8 Å². The number of aryl methyl sites for hydroxylation is 3. The van der Waals surface area contributed by atoms with Crippen LogP contribution in [-0.4, -0.2) is 55.7 Å². The Bertz CT molecular complexity index is 1050. The van der Waals surface area contributed by atoms with E-state index in [9.17, 15) is 9.59 Å². The fourth-order valence-electron chi connectivity index (χ4n) is 4.02. The smallest absolute Gasteiger partial charge is 0.224 e. The molecule has 4 rings (SSSR count). The van der Waals surface area contributed by atoms with E-state index in [4.69, 9.17) is 0 Å². The zero-order valence-electron chi connectivity index (χ0n) is 17.5. The normalized spacial score (nSPS) is 16.3. The molecular weight excluding hydrogens is 380 g/mol. The molecule has 0 aliphatic carbocycles. The number of carbonyl (C=O) groups excluding carboxylic acids is 2. The van der Waals surface area contributed by atoms with Gasteiger partial charge in [0, 0.05) is 52.3 Å². The molecule has 1 N–H and O–H groups in total. The molecule has 1 aromatic carbocycles. The van der Waals surface area contributed by atoms with Crippen LogP contribution >= 0.6 is 0 Å². The van der Waals surface area contributed by atoms with Gasteiger partial charge in [-0.3, -0.25) is 14.3 Å². The number of aromatic nitrogens is 4. The maximum Gasteiger partial charge on any atom is 0.224 e. The van der Waals surface area contributed by atoms with Crippen molar-refractivity contribution >= 4 is 22.8 Å². The van der Waals surface area contributed by atoms with Gasteiger partial charge >= 0.3 is 0 Å². The highest BCUT2D eigenvalue weighted by atomic mass is 16.2. The van der Waals surface area contributed by atoms with E-state index >= 15 is 0 Å². The van der Waals surface area contributed by atoms with Gasteiger partial charge in [-0.1, -0.05) is 12.1 Å². The molecule has 2 aromatic heterocycles. The van der Waals surface area contributed by atoms with E-state index in [2.05, 4.69) is 20.0 Å². The number of hydrogen-bond acceptors (Lipinski definition) is 4. The lowest BCUT2D eigenvalue weighted by molar-refractivity contribution is -0.131. The first kappa shape index (κ1) is 20.1. The molecule has 8 heteroatoms. The van der Waals surface area contributed by atoms with Gasteiger partial charge in [0.25, 0.3) is 0 Å². The lowest BCUT2D eigenvalue weighted by atomic mass is 10.1. The Hall–Kier alpha value is -3.16. The highest BCUT2D eigenvalue weighted by Crippen LogP contribution is 2.18. The lowest BCUT2D eigenvalue weighted by Crippen LogP contribution is -2.35. The number of nitrogens with zero attached hydrogens (tertiary/aromatic N) is 5. The number of carbonyl (C=O) groups is 2. The van der Waals surface area contributed by atoms with Crippen LogP contribution < -0.4 is 5.32 Å². The molecule has 30 heavy (non-hydrogen) atoms. The molecule has 1 unspecified atom stereocenters. The number of benzene rings is 1. The van der Waals surface area contributed by atoms with Crippen LogP contribution in [0.3, 0.4) is 0 Å². The van der Waals surface area contributed by atoms with Crippen LogP contribution in [0.25, 0.3) is 11.0 Å². The molecule has 0 spiro atoms. The van der Waals surface area contributed by atoms with Gasteiger partial charge in [0.15, 0.2) is 0 Å². The first-order valence-corrected chi connectivity index (χ1v) is 10.5. The summed E-state index contributed by atoms with van der Waals surface area (Å²) in [6, 6.07) is 9.94. The minimum atomic E-state index is -0.138. The lowest BCUT2D eigenvalue weighted by Gasteiger charge is -2.16. The highest BCUT2D eigenvalue weighted by molar-refractivity contribution is 5.82. The molecule has 1 aliphatic heterocycles. The third kappa shape index (κ3) is 4.37. The number of fused-ring (bicyclic) bond motifs is 1. The zero-order chi connectivity index (χ0) is 21.1. The molecule has 1 atom stereocenters. The predicted molar refractivity (Wildman–Crippen MR) is 114 cm³/mol. The first-order chi connectivity index (χ1) is 14.5. The predicted octanol–water partition coefficient (Wildman–Crippen LogP) is 1.68. The van der Waals surface area contributed by atoms with Crippen LogP contribution in [0.4, 0.5) is 0 Å². The second-order valence-corrected chi connectivity index (χ2v) is 7.91. The summed E-state index contributed by atoms with van der Waals surface area (Å²) in [5.41, 5.74) is 3.00. The van der Waals surface area contributed by atoms with Crippen LogP contribution in [0.2, 0.25) is 0 Å². The molecular formula is C22H28N6O2. The Morgan fingerprint density at radius 3 is 2.83 bits per heavy atom. The van der Waals surface area contributed by atoms with Gasteiger partial charge in [0.05, 0.1) is 22.6 Å². The minimum absolute atomic E-state index is 0.0202. The van der Waals surface area contributed by atoms with Crippen LogP contribution in [0.5, 0.6) is 0 Å². The van der Waals surface area contributed by atoms with Gasteiger partial charge < -0.3 is 14.8 Å². The SMILES string of the molecule is Cc1ccn(CCC(=O)N2CCC(C(=O)NCCc3nc4ccccc4n3C)C2)n1. The number of rotatable bonds is 7. The number of imidazole rings is 1. The highest BCUT2D eigenvalue weighted by Gasteiger charge is 2.30. The van der Waals surface area contributed by atoms with Crippen molar-refractivity contribution in [1.29, 1.82) is 0 Å². The summed E-state index contributed by atoms with van der Waals surface area (Å²) in [4.78, 5) is 31.4. The summed E-state index contributed by atoms with van der Waals surface area (Å²) in [5.74, 6) is 0.917. The van der Waals surface area contributed by atoms with Crippen LogP contribution in [0, 0.1) is 12.8 Å². The number of nitrogens with one attached hydrogen (secondary N) is 1. The third-order valence-corrected chi connectivity index (χ3v) is 5.77. The van der Waals surface area contributed by atoms with Crippen molar-refractivity contribution in [2.24, 2.45) is 13.0 Å². The Morgan fingerprint density at radius 2 is 2.07 bits per heavy atom. The van der Waals surface area contributed by atoms with Crippen LogP contribution in [0.1, 0.15) is 24.4 Å². The minimum Gasteiger partial charge on any atom is -0.355 e. The summed E-state index contributed by atoms with van der Waals surface area (Å²) in [6.45, 7) is 4.17. The van der Waals surface area contributed by atoms with Gasteiger partial charge in [0.1, 0.15) is 5.82 Å². The summed E-state index contributed by atoms with van der Waals surface area (Å²) >= 11 is 0. The van der Waals surface area contributed by atoms with Crippen molar-refractivity contribution in [3.05, 3.63) is 48.0 Å². The molecule has 8 nitrogen and oxygen atoms in total. The Kier molecular flexibility index (Phi) is 5.83. The van der Waals surface area contributed by atoms with E-state index < -0.39 is 0 Å². The Labute approximate surface area is 175 Å². The van der Waals surface area contributed by atoms with Crippen molar-refractivity contribution in [1.82, 2.24) is 29.5 Å². The maximum absolute atomic E-state index is 12.6. The van der Waals surface area contributed by atoms with E-state index in [0.717, 1.165) is 22.6 Å². The second-order valence-electron chi connectivity index (χ2n) is 7.91. The number of hydrogen-bond donors (Lipinski definition) is 1. The number of amides is 2. The summed E-state index contributed by atoms with van der Waals surface area (Å²) in [7, 11) is 2.00. The van der Waals surface area contributed by atoms with Gasteiger partial charge in [-0.15, -0.1) is 0 Å². The molecule has 3 heterocycles. The van der Waals surface area contributed by atoms with Gasteiger partial charge in [-0.25, -0.2) is 4.98 Å². The summed E-state index contributed by atoms with van der Waals surface area (Å²) in [6.07, 6.45) is 3.68. The largest absolute Gasteiger partial charge is 0.355 e. The van der Waals surface area contributed by atoms with Crippen LogP contribution in [-0.2, 0) is 29.6 Å². The topological polar surface area (TPSA) is 85.0 Å². The van der Waals surface area contributed by atoms with Crippen molar-refractivity contribution in [2.75, 3.05) is 19.6 Å². The maximum atomic E-state index is 12.6. The van der Waals surface area contributed by atoms with E-state index in [0.29, 0.717) is 45.4 Å². The van der Waals surface area contributed by atoms with E-state index in [1.807, 2.05) is 50.5 Å². The summed E-state index contributed by atoms with van der Waals surface area (Å²) < 4.78 is 3.85. The second kappa shape index (κ2) is 8.69. The first-order valence-electron chi connectivity index (χ1n) is 10.5. The average molecular weight is 409 g/mol. The summed E-state index contributed by atoms with van der Waals surface area (Å²) in [5, 5.41) is 7.33. The monoisotopic (exact) mass is 408 g/mol. The zero-order valence-corrected chi connectivity index (χ0v) is 17.5. The quantitative estimate of drug-likeness (QED) is 0.645. The molecule has 1 fully saturated rings. The van der Waals surface area contributed by atoms with Crippen LogP contribution in [0.15, 0.2) is 36.5 Å². The third-order valence-electron chi connectivity index (χ3n) is 5.77. The standard InChI is InChI=1S/C22H28N6O2/c1-16-8-13-28(25-16)14-10-21(29)27-12-9-17(15-27)22(30)23-11-7-20-24-18-5-3-4-6-19(18)26(20)2/h3-6,8,13,17H,7,9-12,14-15H2,1-2H3,(H,23,30). The van der Waals surface area contributed by atoms with E-state index in [1.165, 1.54) is 0 Å². The Morgan fingerprint density at radius 1 is 1.23 bits per heavy atom. The molecule has 1 aliphatic rings. The molecule has 0 saturated carbocycles. The van der Waals surface area contributed by atoms with Crippen molar-refractivity contribution in [2.45, 2.75) is 32.7 Å².